The van der Waals surface area contributed by atoms with Gasteiger partial charge >= 0.3 is 0 Å². The SMILES string of the molecule is Cc1cc(C)cc(NC(=O)Cn2cnc(S(=O)(=O)N3CCC(C)CC3)c2)c1. The number of aryl methyl sites for hydroxylation is 2. The zero-order valence-electron chi connectivity index (χ0n) is 16.0. The monoisotopic (exact) mass is 390 g/mol. The number of anilines is 1. The van der Waals surface area contributed by atoms with E-state index in [1.165, 1.54) is 21.4 Å². The average Bonchev–Trinajstić information content (AvgIpc) is 3.03. The lowest BCUT2D eigenvalue weighted by Gasteiger charge is -2.28. The highest BCUT2D eigenvalue weighted by atomic mass is 32.2. The van der Waals surface area contributed by atoms with E-state index in [1.54, 1.807) is 0 Å². The molecule has 1 fully saturated rings. The van der Waals surface area contributed by atoms with Gasteiger partial charge in [-0.15, -0.1) is 0 Å². The molecule has 1 saturated heterocycles. The van der Waals surface area contributed by atoms with Gasteiger partial charge in [0.15, 0.2) is 5.03 Å². The van der Waals surface area contributed by atoms with Gasteiger partial charge in [0.05, 0.1) is 6.33 Å². The van der Waals surface area contributed by atoms with Crippen molar-refractivity contribution >= 4 is 21.6 Å². The minimum absolute atomic E-state index is 0.00347. The van der Waals surface area contributed by atoms with Crippen LogP contribution in [0.15, 0.2) is 35.7 Å². The highest BCUT2D eigenvalue weighted by molar-refractivity contribution is 7.89. The molecule has 3 rings (SSSR count). The van der Waals surface area contributed by atoms with Crippen LogP contribution < -0.4 is 5.32 Å². The Hall–Kier alpha value is -2.19. The highest BCUT2D eigenvalue weighted by Crippen LogP contribution is 2.22. The number of hydrogen-bond acceptors (Lipinski definition) is 4. The normalized spacial score (nSPS) is 16.4. The summed E-state index contributed by atoms with van der Waals surface area (Å²) in [7, 11) is -3.60. The van der Waals surface area contributed by atoms with Crippen LogP contribution in [0.2, 0.25) is 0 Å². The number of rotatable bonds is 5. The van der Waals surface area contributed by atoms with Gasteiger partial charge in [0.25, 0.3) is 10.0 Å². The Labute approximate surface area is 160 Å². The summed E-state index contributed by atoms with van der Waals surface area (Å²) in [5.41, 5.74) is 2.86. The van der Waals surface area contributed by atoms with E-state index in [9.17, 15) is 13.2 Å². The molecule has 1 aliphatic rings. The first-order valence-corrected chi connectivity index (χ1v) is 10.6. The third kappa shape index (κ3) is 4.75. The summed E-state index contributed by atoms with van der Waals surface area (Å²) in [6.07, 6.45) is 4.53. The molecular formula is C19H26N4O3S. The first kappa shape index (κ1) is 19.6. The molecule has 7 nitrogen and oxygen atoms in total. The number of carbonyl (C=O) groups is 1. The summed E-state index contributed by atoms with van der Waals surface area (Å²) >= 11 is 0. The van der Waals surface area contributed by atoms with E-state index >= 15 is 0 Å². The second-order valence-corrected chi connectivity index (χ2v) is 9.28. The molecule has 0 radical (unpaired) electrons. The molecule has 2 aromatic rings. The lowest BCUT2D eigenvalue weighted by Crippen LogP contribution is -2.38. The Morgan fingerprint density at radius 2 is 1.81 bits per heavy atom. The van der Waals surface area contributed by atoms with Gasteiger partial charge in [-0.05, 0) is 55.9 Å². The third-order valence-corrected chi connectivity index (χ3v) is 6.57. The van der Waals surface area contributed by atoms with Gasteiger partial charge in [-0.25, -0.2) is 13.4 Å². The van der Waals surface area contributed by atoms with Crippen molar-refractivity contribution in [3.05, 3.63) is 41.9 Å². The predicted octanol–water partition coefficient (Wildman–Crippen LogP) is 2.56. The summed E-state index contributed by atoms with van der Waals surface area (Å²) in [5, 5.41) is 2.84. The molecule has 0 atom stereocenters. The minimum Gasteiger partial charge on any atom is -0.327 e. The quantitative estimate of drug-likeness (QED) is 0.850. The number of amides is 1. The number of piperidine rings is 1. The van der Waals surface area contributed by atoms with Crippen LogP contribution in [0.25, 0.3) is 0 Å². The molecule has 1 N–H and O–H groups in total. The molecule has 0 aliphatic carbocycles. The maximum absolute atomic E-state index is 12.7. The maximum atomic E-state index is 12.7. The summed E-state index contributed by atoms with van der Waals surface area (Å²) in [4.78, 5) is 16.3. The van der Waals surface area contributed by atoms with Crippen LogP contribution in [0.3, 0.4) is 0 Å². The van der Waals surface area contributed by atoms with E-state index in [4.69, 9.17) is 0 Å². The fraction of sp³-hybridized carbons (Fsp3) is 0.474. The smallest absolute Gasteiger partial charge is 0.262 e. The predicted molar refractivity (Wildman–Crippen MR) is 104 cm³/mol. The van der Waals surface area contributed by atoms with Crippen molar-refractivity contribution in [1.82, 2.24) is 13.9 Å². The lowest BCUT2D eigenvalue weighted by atomic mass is 10.0. The Morgan fingerprint density at radius 1 is 1.19 bits per heavy atom. The van der Waals surface area contributed by atoms with Gasteiger partial charge in [0, 0.05) is 25.0 Å². The van der Waals surface area contributed by atoms with Crippen LogP contribution in [-0.4, -0.2) is 41.3 Å². The van der Waals surface area contributed by atoms with Gasteiger partial charge in [0.1, 0.15) is 6.54 Å². The van der Waals surface area contributed by atoms with Crippen LogP contribution in [0.5, 0.6) is 0 Å². The number of carbonyl (C=O) groups excluding carboxylic acids is 1. The standard InChI is InChI=1S/C19H26N4O3S/c1-14-4-6-23(7-5-14)27(25,26)19-12-22(13-20-19)11-18(24)21-17-9-15(2)8-16(3)10-17/h8-10,12-14H,4-7,11H2,1-3H3,(H,21,24). The molecule has 1 aromatic carbocycles. The Bertz CT molecular complexity index is 908. The van der Waals surface area contributed by atoms with Crippen LogP contribution in [0.4, 0.5) is 5.69 Å². The molecule has 27 heavy (non-hydrogen) atoms. The van der Waals surface area contributed by atoms with Gasteiger partial charge in [-0.1, -0.05) is 13.0 Å². The van der Waals surface area contributed by atoms with E-state index < -0.39 is 10.0 Å². The number of imidazole rings is 1. The van der Waals surface area contributed by atoms with Crippen molar-refractivity contribution in [1.29, 1.82) is 0 Å². The largest absolute Gasteiger partial charge is 0.327 e. The molecule has 146 valence electrons. The molecule has 1 amide bonds. The maximum Gasteiger partial charge on any atom is 0.262 e. The molecule has 1 aliphatic heterocycles. The van der Waals surface area contributed by atoms with Crippen molar-refractivity contribution in [2.45, 2.75) is 45.2 Å². The molecule has 0 spiro atoms. The summed E-state index contributed by atoms with van der Waals surface area (Å²) in [6.45, 7) is 7.11. The lowest BCUT2D eigenvalue weighted by molar-refractivity contribution is -0.116. The topological polar surface area (TPSA) is 84.3 Å². The molecule has 1 aromatic heterocycles. The highest BCUT2D eigenvalue weighted by Gasteiger charge is 2.29. The van der Waals surface area contributed by atoms with Crippen molar-refractivity contribution in [2.75, 3.05) is 18.4 Å². The number of hydrogen-bond donors (Lipinski definition) is 1. The van der Waals surface area contributed by atoms with Crippen molar-refractivity contribution in [3.8, 4) is 0 Å². The number of sulfonamides is 1. The van der Waals surface area contributed by atoms with E-state index in [0.717, 1.165) is 29.7 Å². The Kier molecular flexibility index (Phi) is 5.67. The fourth-order valence-corrected chi connectivity index (χ4v) is 4.73. The summed E-state index contributed by atoms with van der Waals surface area (Å²) in [5.74, 6) is 0.316. The molecule has 0 saturated carbocycles. The fourth-order valence-electron chi connectivity index (χ4n) is 3.33. The van der Waals surface area contributed by atoms with E-state index in [-0.39, 0.29) is 17.5 Å². The second kappa shape index (κ2) is 7.82. The third-order valence-electron chi connectivity index (χ3n) is 4.79. The number of nitrogens with zero attached hydrogens (tertiary/aromatic N) is 3. The number of benzene rings is 1. The van der Waals surface area contributed by atoms with Crippen molar-refractivity contribution in [3.63, 3.8) is 0 Å². The van der Waals surface area contributed by atoms with E-state index in [0.29, 0.717) is 19.0 Å². The Balaban J connectivity index is 1.65. The molecule has 8 heteroatoms. The van der Waals surface area contributed by atoms with Crippen molar-refractivity contribution < 1.29 is 13.2 Å². The molecular weight excluding hydrogens is 364 g/mol. The minimum atomic E-state index is -3.60. The molecule has 2 heterocycles. The number of aromatic nitrogens is 2. The van der Waals surface area contributed by atoms with Crippen molar-refractivity contribution in [2.24, 2.45) is 5.92 Å². The van der Waals surface area contributed by atoms with Gasteiger partial charge in [-0.3, -0.25) is 4.79 Å². The van der Waals surface area contributed by atoms with Gasteiger partial charge in [-0.2, -0.15) is 4.31 Å². The Morgan fingerprint density at radius 3 is 2.44 bits per heavy atom. The summed E-state index contributed by atoms with van der Waals surface area (Å²) < 4.78 is 28.4. The summed E-state index contributed by atoms with van der Waals surface area (Å²) in [6, 6.07) is 5.82. The van der Waals surface area contributed by atoms with Crippen LogP contribution in [0.1, 0.15) is 30.9 Å². The molecule has 0 bridgehead atoms. The van der Waals surface area contributed by atoms with E-state index in [2.05, 4.69) is 17.2 Å². The van der Waals surface area contributed by atoms with Gasteiger partial charge < -0.3 is 9.88 Å². The van der Waals surface area contributed by atoms with Crippen LogP contribution in [-0.2, 0) is 21.4 Å². The zero-order chi connectivity index (χ0) is 19.6. The van der Waals surface area contributed by atoms with Crippen LogP contribution in [0, 0.1) is 19.8 Å². The van der Waals surface area contributed by atoms with Crippen LogP contribution >= 0.6 is 0 Å². The molecule has 0 unspecified atom stereocenters. The van der Waals surface area contributed by atoms with E-state index in [1.807, 2.05) is 32.0 Å². The first-order valence-electron chi connectivity index (χ1n) is 9.14. The second-order valence-electron chi connectivity index (χ2n) is 7.40. The average molecular weight is 391 g/mol. The van der Waals surface area contributed by atoms with Gasteiger partial charge in [0.2, 0.25) is 5.91 Å². The number of nitrogens with one attached hydrogen (secondary N) is 1. The first-order chi connectivity index (χ1) is 12.7. The zero-order valence-corrected chi connectivity index (χ0v) is 16.8.